The molecule has 2 aliphatic heterocycles. The van der Waals surface area contributed by atoms with E-state index in [9.17, 15) is 28.8 Å². The lowest BCUT2D eigenvalue weighted by Crippen LogP contribution is -2.62. The number of hydrogen-bond donors (Lipinski definition) is 4. The zero-order valence-corrected chi connectivity index (χ0v) is 42.0. The smallest absolute Gasteiger partial charge is 0.246 e. The maximum atomic E-state index is 15.3. The van der Waals surface area contributed by atoms with Gasteiger partial charge in [-0.15, -0.1) is 6.58 Å². The second-order valence-corrected chi connectivity index (χ2v) is 20.2. The van der Waals surface area contributed by atoms with Crippen molar-refractivity contribution in [1.29, 1.82) is 0 Å². The highest BCUT2D eigenvalue weighted by molar-refractivity contribution is 5.99. The van der Waals surface area contributed by atoms with E-state index in [1.54, 1.807) is 0 Å². The van der Waals surface area contributed by atoms with Crippen molar-refractivity contribution < 1.29 is 33.6 Å². The molecule has 7 amide bonds. The van der Waals surface area contributed by atoms with Gasteiger partial charge in [0, 0.05) is 50.6 Å². The molecule has 0 radical (unpaired) electrons. The van der Waals surface area contributed by atoms with Gasteiger partial charge in [-0.2, -0.15) is 0 Å². The molecule has 3 aromatic rings. The molecule has 7 atom stereocenters. The maximum absolute atomic E-state index is 15.3. The van der Waals surface area contributed by atoms with Crippen molar-refractivity contribution >= 4 is 52.3 Å². The normalized spacial score (nSPS) is 24.4. The first kappa shape index (κ1) is 53.0. The summed E-state index contributed by atoms with van der Waals surface area (Å²) in [5, 5.41) is 12.7. The minimum Gasteiger partial charge on any atom is -0.343 e. The molecule has 370 valence electrons. The maximum Gasteiger partial charge on any atom is 0.246 e. The third-order valence-electron chi connectivity index (χ3n) is 13.5. The Hall–Kier alpha value is -5.99. The lowest BCUT2D eigenvalue weighted by molar-refractivity contribution is -0.153. The quantitative estimate of drug-likeness (QED) is 0.169. The number of hydrogen-bond acceptors (Lipinski definition) is 7. The second-order valence-electron chi connectivity index (χ2n) is 20.2. The molecule has 2 saturated heterocycles. The molecule has 5 rings (SSSR count). The van der Waals surface area contributed by atoms with Crippen molar-refractivity contribution in [2.45, 2.75) is 161 Å². The Labute approximate surface area is 403 Å². The number of benzene rings is 2. The molecular formula is C53H76N8O7. The van der Waals surface area contributed by atoms with E-state index in [1.807, 2.05) is 115 Å². The summed E-state index contributed by atoms with van der Waals surface area (Å²) >= 11 is 0. The Balaban J connectivity index is 1.66. The molecule has 68 heavy (non-hydrogen) atoms. The lowest BCUT2D eigenvalue weighted by Gasteiger charge is -2.41. The van der Waals surface area contributed by atoms with Crippen molar-refractivity contribution in [3.05, 3.63) is 84.6 Å². The largest absolute Gasteiger partial charge is 0.343 e. The van der Waals surface area contributed by atoms with Crippen molar-refractivity contribution in [3.8, 4) is 0 Å². The number of unbranched alkanes of at least 4 members (excludes halogenated alkanes) is 1. The standard InChI is InChI=1S/C53H76N8O7/c1-12-14-24-39-46(62)57-41(31-37-32-61(53(8,9)13-2)42-25-19-18-23-38(37)42)51(67)59(11)44(28-33(3)4)48(64)56-40(30-36-21-16-15-17-22-36)47(63)54-35(7)50(66)58(10)43-26-20-27-60(52(43)68)45(29-34(5)6)49(65)55-39/h13,15-19,21-23,25,32-35,39-41,43-45H,2,12,14,20,24,26-31H2,1,3-11H3,(H,54,63)(H,55,65)(H,56,64)(H,57,62)/t35-,39-,40-,41-,43-,44-,45-/m0/s1. The van der Waals surface area contributed by atoms with Crippen LogP contribution in [0.25, 0.3) is 10.9 Å². The van der Waals surface area contributed by atoms with E-state index in [0.29, 0.717) is 25.7 Å². The van der Waals surface area contributed by atoms with Gasteiger partial charge in [-0.05, 0) is 81.9 Å². The number of aromatic nitrogens is 1. The van der Waals surface area contributed by atoms with Crippen LogP contribution < -0.4 is 21.3 Å². The predicted octanol–water partition coefficient (Wildman–Crippen LogP) is 5.25. The van der Waals surface area contributed by atoms with Crippen molar-refractivity contribution in [2.24, 2.45) is 11.8 Å². The molecule has 2 fully saturated rings. The van der Waals surface area contributed by atoms with E-state index in [-0.39, 0.29) is 44.1 Å². The van der Waals surface area contributed by atoms with E-state index < -0.39 is 89.2 Å². The summed E-state index contributed by atoms with van der Waals surface area (Å²) in [7, 11) is 3.06. The van der Waals surface area contributed by atoms with Crippen LogP contribution in [0.4, 0.5) is 0 Å². The average molecular weight is 937 g/mol. The summed E-state index contributed by atoms with van der Waals surface area (Å²) in [5.74, 6) is -3.83. The van der Waals surface area contributed by atoms with Crippen LogP contribution >= 0.6 is 0 Å². The second kappa shape index (κ2) is 23.3. The number of carbonyl (C=O) groups is 7. The molecule has 15 heteroatoms. The average Bonchev–Trinajstić information content (AvgIpc) is 3.68. The zero-order valence-electron chi connectivity index (χ0n) is 42.0. The van der Waals surface area contributed by atoms with Crippen LogP contribution in [0, 0.1) is 11.8 Å². The van der Waals surface area contributed by atoms with Gasteiger partial charge in [-0.1, -0.05) is 102 Å². The Kier molecular flexibility index (Phi) is 18.2. The minimum atomic E-state index is -1.21. The Bertz CT molecular complexity index is 2290. The number of piperidine rings is 1. The number of rotatable bonds is 13. The van der Waals surface area contributed by atoms with Gasteiger partial charge >= 0.3 is 0 Å². The lowest BCUT2D eigenvalue weighted by atomic mass is 9.95. The van der Waals surface area contributed by atoms with Gasteiger partial charge in [0.2, 0.25) is 41.4 Å². The number of fused-ring (bicyclic) bond motifs is 3. The number of amides is 7. The predicted molar refractivity (Wildman–Crippen MR) is 265 cm³/mol. The van der Waals surface area contributed by atoms with Gasteiger partial charge in [-0.3, -0.25) is 33.6 Å². The van der Waals surface area contributed by atoms with Gasteiger partial charge in [0.1, 0.15) is 42.3 Å². The molecule has 15 nitrogen and oxygen atoms in total. The van der Waals surface area contributed by atoms with Gasteiger partial charge < -0.3 is 40.5 Å². The van der Waals surface area contributed by atoms with Crippen molar-refractivity contribution in [2.75, 3.05) is 20.6 Å². The van der Waals surface area contributed by atoms with Crippen LogP contribution in [0.5, 0.6) is 0 Å². The first-order chi connectivity index (χ1) is 32.2. The number of carbonyl (C=O) groups excluding carboxylic acids is 7. The highest BCUT2D eigenvalue weighted by atomic mass is 16.2. The highest BCUT2D eigenvalue weighted by Gasteiger charge is 2.42. The Morgan fingerprint density at radius 1 is 0.706 bits per heavy atom. The number of para-hydroxylation sites is 1. The van der Waals surface area contributed by atoms with E-state index in [2.05, 4.69) is 32.4 Å². The van der Waals surface area contributed by atoms with E-state index in [0.717, 1.165) is 28.5 Å². The van der Waals surface area contributed by atoms with Crippen LogP contribution in [0.15, 0.2) is 73.4 Å². The minimum absolute atomic E-state index is 0.0180. The summed E-state index contributed by atoms with van der Waals surface area (Å²) in [4.78, 5) is 107. The zero-order chi connectivity index (χ0) is 50.0. The molecule has 2 aliphatic rings. The van der Waals surface area contributed by atoms with E-state index in [1.165, 1.54) is 35.7 Å². The summed E-state index contributed by atoms with van der Waals surface area (Å²) < 4.78 is 2.08. The number of nitrogens with zero attached hydrogens (tertiary/aromatic N) is 4. The van der Waals surface area contributed by atoms with Crippen LogP contribution in [-0.4, -0.2) is 124 Å². The molecule has 1 aromatic heterocycles. The van der Waals surface area contributed by atoms with Gasteiger partial charge in [-0.25, -0.2) is 0 Å². The summed E-state index contributed by atoms with van der Waals surface area (Å²) in [6, 6.07) is 9.51. The third kappa shape index (κ3) is 12.8. The van der Waals surface area contributed by atoms with Crippen molar-refractivity contribution in [3.63, 3.8) is 0 Å². The molecule has 0 saturated carbocycles. The van der Waals surface area contributed by atoms with Crippen LogP contribution in [-0.2, 0) is 51.9 Å². The fourth-order valence-electron chi connectivity index (χ4n) is 9.45. The fourth-order valence-corrected chi connectivity index (χ4v) is 9.45. The summed E-state index contributed by atoms with van der Waals surface area (Å²) in [6.07, 6.45) is 6.88. The molecular weight excluding hydrogens is 861 g/mol. The SMILES string of the molecule is C=CC(C)(C)n1cc(C[C@@H]2NC(=O)[C@H](CCCC)NC(=O)[C@H](CC(C)C)N3CCC[C@@H](C3=O)N(C)C(=O)[C@H](C)NC(=O)[C@H](Cc3ccccc3)NC(=O)[C@H](CC(C)C)N(C)C2=O)c2ccccc21. The number of allylic oxidation sites excluding steroid dienone is 1. The molecule has 2 bridgehead atoms. The molecule has 2 aromatic carbocycles. The first-order valence-electron chi connectivity index (χ1n) is 24.5. The van der Waals surface area contributed by atoms with Crippen LogP contribution in [0.1, 0.15) is 111 Å². The first-order valence-corrected chi connectivity index (χ1v) is 24.5. The summed E-state index contributed by atoms with van der Waals surface area (Å²) in [5.41, 5.74) is 1.92. The third-order valence-corrected chi connectivity index (χ3v) is 13.5. The highest BCUT2D eigenvalue weighted by Crippen LogP contribution is 2.30. The summed E-state index contributed by atoms with van der Waals surface area (Å²) in [6.45, 7) is 19.7. The number of nitrogens with one attached hydrogen (secondary N) is 4. The Morgan fingerprint density at radius 2 is 1.29 bits per heavy atom. The van der Waals surface area contributed by atoms with Gasteiger partial charge in [0.15, 0.2) is 0 Å². The topological polar surface area (TPSA) is 182 Å². The molecule has 0 aliphatic carbocycles. The molecule has 4 N–H and O–H groups in total. The fraction of sp³-hybridized carbons (Fsp3) is 0.566. The molecule has 0 unspecified atom stereocenters. The monoisotopic (exact) mass is 937 g/mol. The van der Waals surface area contributed by atoms with Crippen molar-refractivity contribution in [1.82, 2.24) is 40.5 Å². The van der Waals surface area contributed by atoms with Gasteiger partial charge in [0.05, 0.1) is 5.54 Å². The van der Waals surface area contributed by atoms with E-state index >= 15 is 4.79 Å². The van der Waals surface area contributed by atoms with Crippen LogP contribution in [0.3, 0.4) is 0 Å². The van der Waals surface area contributed by atoms with Crippen LogP contribution in [0.2, 0.25) is 0 Å². The molecule has 3 heterocycles. The number of likely N-dealkylation sites (N-methyl/N-ethyl adjacent to an activating group) is 2. The van der Waals surface area contributed by atoms with Gasteiger partial charge in [0.25, 0.3) is 0 Å². The Morgan fingerprint density at radius 3 is 1.94 bits per heavy atom. The van der Waals surface area contributed by atoms with E-state index in [4.69, 9.17) is 0 Å². The molecule has 0 spiro atoms.